The highest BCUT2D eigenvalue weighted by molar-refractivity contribution is 5.47. The first-order valence-corrected chi connectivity index (χ1v) is 6.24. The quantitative estimate of drug-likeness (QED) is 0.844. The molecule has 0 radical (unpaired) electrons. The average molecular weight is 257 g/mol. The van der Waals surface area contributed by atoms with Crippen LogP contribution in [0.2, 0.25) is 0 Å². The Kier molecular flexibility index (Phi) is 4.00. The van der Waals surface area contributed by atoms with Crippen LogP contribution in [0.4, 0.5) is 5.82 Å². The van der Waals surface area contributed by atoms with Crippen LogP contribution >= 0.6 is 0 Å². The Morgan fingerprint density at radius 3 is 2.74 bits per heavy atom. The normalized spacial score (nSPS) is 10.3. The Hall–Kier alpha value is -2.10. The van der Waals surface area contributed by atoms with Gasteiger partial charge in [0.25, 0.3) is 0 Å². The van der Waals surface area contributed by atoms with E-state index in [-0.39, 0.29) is 0 Å². The molecule has 0 fully saturated rings. The Bertz CT molecular complexity index is 569. The zero-order valence-electron chi connectivity index (χ0n) is 11.8. The topological polar surface area (TPSA) is 38.2 Å². The van der Waals surface area contributed by atoms with Crippen LogP contribution in [0.3, 0.4) is 0 Å². The Morgan fingerprint density at radius 2 is 2.00 bits per heavy atom. The molecule has 0 saturated carbocycles. The number of benzene rings is 1. The number of rotatable bonds is 4. The molecule has 4 heteroatoms. The van der Waals surface area contributed by atoms with Crippen LogP contribution in [-0.2, 0) is 6.54 Å². The van der Waals surface area contributed by atoms with Crippen molar-refractivity contribution in [1.82, 2.24) is 9.97 Å². The molecule has 100 valence electrons. The summed E-state index contributed by atoms with van der Waals surface area (Å²) in [6.07, 6.45) is 1.61. The summed E-state index contributed by atoms with van der Waals surface area (Å²) in [5.41, 5.74) is 3.33. The fourth-order valence-corrected chi connectivity index (χ4v) is 2.03. The van der Waals surface area contributed by atoms with Gasteiger partial charge in [0.05, 0.1) is 7.11 Å². The molecule has 0 amide bonds. The van der Waals surface area contributed by atoms with Gasteiger partial charge in [-0.25, -0.2) is 9.97 Å². The molecule has 0 unspecified atom stereocenters. The zero-order valence-corrected chi connectivity index (χ0v) is 11.8. The minimum atomic E-state index is 0.786. The van der Waals surface area contributed by atoms with Crippen LogP contribution in [0.1, 0.15) is 16.8 Å². The second kappa shape index (κ2) is 5.69. The van der Waals surface area contributed by atoms with Crippen LogP contribution < -0.4 is 9.64 Å². The lowest BCUT2D eigenvalue weighted by molar-refractivity contribution is 0.414. The van der Waals surface area contributed by atoms with Gasteiger partial charge in [0, 0.05) is 24.8 Å². The van der Waals surface area contributed by atoms with Crippen LogP contribution in [0.5, 0.6) is 5.75 Å². The summed E-state index contributed by atoms with van der Waals surface area (Å²) in [6.45, 7) is 4.83. The smallest absolute Gasteiger partial charge is 0.135 e. The van der Waals surface area contributed by atoms with E-state index in [2.05, 4.69) is 20.9 Å². The summed E-state index contributed by atoms with van der Waals surface area (Å²) in [5.74, 6) is 1.84. The molecule has 2 aromatic rings. The number of ether oxygens (including phenoxy) is 1. The highest BCUT2D eigenvalue weighted by Crippen LogP contribution is 2.20. The molecule has 0 atom stereocenters. The largest absolute Gasteiger partial charge is 0.497 e. The number of methoxy groups -OCH3 is 1. The molecule has 0 spiro atoms. The van der Waals surface area contributed by atoms with Crippen LogP contribution in [0, 0.1) is 13.8 Å². The lowest BCUT2D eigenvalue weighted by Crippen LogP contribution is -2.19. The van der Waals surface area contributed by atoms with Gasteiger partial charge in [-0.3, -0.25) is 0 Å². The van der Waals surface area contributed by atoms with Crippen LogP contribution in [0.15, 0.2) is 30.6 Å². The first kappa shape index (κ1) is 13.3. The molecule has 0 aliphatic carbocycles. The molecule has 19 heavy (non-hydrogen) atoms. The SMILES string of the molecule is COc1cccc(CN(C)c2ncnc(C)c2C)c1. The van der Waals surface area contributed by atoms with Gasteiger partial charge >= 0.3 is 0 Å². The monoisotopic (exact) mass is 257 g/mol. The van der Waals surface area contributed by atoms with E-state index in [1.807, 2.05) is 39.1 Å². The van der Waals surface area contributed by atoms with Crippen molar-refractivity contribution in [3.8, 4) is 5.75 Å². The summed E-state index contributed by atoms with van der Waals surface area (Å²) in [6, 6.07) is 8.08. The predicted octanol–water partition coefficient (Wildman–Crippen LogP) is 2.74. The second-order valence-electron chi connectivity index (χ2n) is 4.62. The summed E-state index contributed by atoms with van der Waals surface area (Å²) in [5, 5.41) is 0. The van der Waals surface area contributed by atoms with Gasteiger partial charge < -0.3 is 9.64 Å². The highest BCUT2D eigenvalue weighted by atomic mass is 16.5. The highest BCUT2D eigenvalue weighted by Gasteiger charge is 2.09. The number of anilines is 1. The minimum Gasteiger partial charge on any atom is -0.497 e. The average Bonchev–Trinajstić information content (AvgIpc) is 2.42. The fraction of sp³-hybridized carbons (Fsp3) is 0.333. The molecule has 1 aromatic carbocycles. The van der Waals surface area contributed by atoms with E-state index in [0.29, 0.717) is 0 Å². The maximum absolute atomic E-state index is 5.24. The second-order valence-corrected chi connectivity index (χ2v) is 4.62. The minimum absolute atomic E-state index is 0.786. The van der Waals surface area contributed by atoms with Gasteiger partial charge in [-0.05, 0) is 31.5 Å². The molecule has 4 nitrogen and oxygen atoms in total. The van der Waals surface area contributed by atoms with E-state index < -0.39 is 0 Å². The van der Waals surface area contributed by atoms with Crippen molar-refractivity contribution in [2.75, 3.05) is 19.1 Å². The first-order chi connectivity index (χ1) is 9.11. The molecule has 0 bridgehead atoms. The zero-order chi connectivity index (χ0) is 13.8. The fourth-order valence-electron chi connectivity index (χ4n) is 2.03. The van der Waals surface area contributed by atoms with Crippen molar-refractivity contribution < 1.29 is 4.74 Å². The van der Waals surface area contributed by atoms with Crippen molar-refractivity contribution in [3.05, 3.63) is 47.4 Å². The van der Waals surface area contributed by atoms with Gasteiger partial charge in [-0.15, -0.1) is 0 Å². The number of hydrogen-bond acceptors (Lipinski definition) is 4. The molecule has 0 N–H and O–H groups in total. The van der Waals surface area contributed by atoms with E-state index in [0.717, 1.165) is 29.4 Å². The molecular weight excluding hydrogens is 238 g/mol. The lowest BCUT2D eigenvalue weighted by atomic mass is 10.2. The van der Waals surface area contributed by atoms with Gasteiger partial charge in [-0.1, -0.05) is 12.1 Å². The van der Waals surface area contributed by atoms with E-state index in [1.54, 1.807) is 13.4 Å². The third kappa shape index (κ3) is 3.02. The third-order valence-corrected chi connectivity index (χ3v) is 3.22. The number of aryl methyl sites for hydroxylation is 1. The van der Waals surface area contributed by atoms with Gasteiger partial charge in [0.15, 0.2) is 0 Å². The molecule has 2 rings (SSSR count). The van der Waals surface area contributed by atoms with Crippen LogP contribution in [0.25, 0.3) is 0 Å². The molecule has 1 heterocycles. The van der Waals surface area contributed by atoms with Crippen molar-refractivity contribution >= 4 is 5.82 Å². The molecule has 0 saturated heterocycles. The summed E-state index contributed by atoms with van der Waals surface area (Å²) < 4.78 is 5.24. The number of hydrogen-bond donors (Lipinski definition) is 0. The molecule has 0 aliphatic heterocycles. The van der Waals surface area contributed by atoms with E-state index in [4.69, 9.17) is 4.74 Å². The summed E-state index contributed by atoms with van der Waals surface area (Å²) in [7, 11) is 3.72. The van der Waals surface area contributed by atoms with Crippen molar-refractivity contribution in [2.24, 2.45) is 0 Å². The number of aromatic nitrogens is 2. The summed E-state index contributed by atoms with van der Waals surface area (Å²) >= 11 is 0. The Balaban J connectivity index is 2.20. The lowest BCUT2D eigenvalue weighted by Gasteiger charge is -2.20. The maximum atomic E-state index is 5.24. The summed E-state index contributed by atoms with van der Waals surface area (Å²) in [4.78, 5) is 10.7. The Labute approximate surface area is 114 Å². The van der Waals surface area contributed by atoms with Gasteiger partial charge in [0.1, 0.15) is 17.9 Å². The van der Waals surface area contributed by atoms with Gasteiger partial charge in [-0.2, -0.15) is 0 Å². The van der Waals surface area contributed by atoms with Crippen molar-refractivity contribution in [3.63, 3.8) is 0 Å². The van der Waals surface area contributed by atoms with E-state index in [9.17, 15) is 0 Å². The van der Waals surface area contributed by atoms with Crippen molar-refractivity contribution in [1.29, 1.82) is 0 Å². The van der Waals surface area contributed by atoms with E-state index in [1.165, 1.54) is 5.56 Å². The predicted molar refractivity (Wildman–Crippen MR) is 76.6 cm³/mol. The van der Waals surface area contributed by atoms with E-state index >= 15 is 0 Å². The standard InChI is InChI=1S/C15H19N3O/c1-11-12(2)16-10-17-15(11)18(3)9-13-6-5-7-14(8-13)19-4/h5-8,10H,9H2,1-4H3. The van der Waals surface area contributed by atoms with Crippen LogP contribution in [-0.4, -0.2) is 24.1 Å². The maximum Gasteiger partial charge on any atom is 0.135 e. The molecule has 1 aromatic heterocycles. The van der Waals surface area contributed by atoms with Gasteiger partial charge in [0.2, 0.25) is 0 Å². The Morgan fingerprint density at radius 1 is 1.21 bits per heavy atom. The third-order valence-electron chi connectivity index (χ3n) is 3.22. The molecular formula is C15H19N3O. The first-order valence-electron chi connectivity index (χ1n) is 6.24. The molecule has 0 aliphatic rings. The van der Waals surface area contributed by atoms with Crippen molar-refractivity contribution in [2.45, 2.75) is 20.4 Å². The number of nitrogens with zero attached hydrogens (tertiary/aromatic N) is 3.